The molecule has 1 N–H and O–H groups in total. The maximum atomic E-state index is 10.9. The molecule has 3 heteroatoms. The fraction of sp³-hybridized carbons (Fsp3) is 0.833. The fourth-order valence-corrected chi connectivity index (χ4v) is 1.04. The van der Waals surface area contributed by atoms with Crippen LogP contribution in [0, 0.1) is 5.92 Å². The molecule has 1 aliphatic heterocycles. The molecule has 9 heavy (non-hydrogen) atoms. The van der Waals surface area contributed by atoms with Crippen molar-refractivity contribution in [2.75, 3.05) is 13.3 Å². The molecule has 1 rings (SSSR count). The molecule has 0 aliphatic carbocycles. The van der Waals surface area contributed by atoms with Crippen LogP contribution in [-0.2, 0) is 4.79 Å². The number of likely N-dealkylation sites (tertiary alicyclic amines) is 1. The number of aliphatic hydroxyl groups is 1. The third kappa shape index (κ3) is 1.05. The molecular weight excluding hydrogens is 118 g/mol. The minimum Gasteiger partial charge on any atom is -0.376 e. The van der Waals surface area contributed by atoms with Gasteiger partial charge in [-0.15, -0.1) is 0 Å². The number of hydrogen-bond acceptors (Lipinski definition) is 2. The van der Waals surface area contributed by atoms with Crippen LogP contribution in [0.15, 0.2) is 0 Å². The first kappa shape index (κ1) is 6.55. The van der Waals surface area contributed by atoms with Crippen molar-refractivity contribution in [1.82, 2.24) is 4.90 Å². The second-order valence-corrected chi connectivity index (χ2v) is 2.43. The van der Waals surface area contributed by atoms with Crippen LogP contribution >= 0.6 is 0 Å². The average molecular weight is 129 g/mol. The zero-order chi connectivity index (χ0) is 6.85. The van der Waals surface area contributed by atoms with Crippen LogP contribution in [-0.4, -0.2) is 29.2 Å². The molecule has 0 aromatic heterocycles. The summed E-state index contributed by atoms with van der Waals surface area (Å²) in [5.74, 6) is 0.203. The van der Waals surface area contributed by atoms with E-state index in [1.807, 2.05) is 6.92 Å². The number of amides is 1. The molecular formula is C6H11NO2. The largest absolute Gasteiger partial charge is 0.376 e. The van der Waals surface area contributed by atoms with Gasteiger partial charge in [0.05, 0.1) is 0 Å². The van der Waals surface area contributed by atoms with Gasteiger partial charge in [0.2, 0.25) is 5.91 Å². The lowest BCUT2D eigenvalue weighted by atomic mass is 10.1. The summed E-state index contributed by atoms with van der Waals surface area (Å²) >= 11 is 0. The minimum atomic E-state index is -0.122. The van der Waals surface area contributed by atoms with Gasteiger partial charge >= 0.3 is 0 Å². The van der Waals surface area contributed by atoms with Crippen LogP contribution in [0.4, 0.5) is 0 Å². The number of hydrogen-bond donors (Lipinski definition) is 1. The Bertz CT molecular complexity index is 124. The van der Waals surface area contributed by atoms with Crippen molar-refractivity contribution in [1.29, 1.82) is 0 Å². The van der Waals surface area contributed by atoms with Crippen molar-refractivity contribution in [3.05, 3.63) is 0 Å². The topological polar surface area (TPSA) is 40.5 Å². The van der Waals surface area contributed by atoms with Crippen LogP contribution in [0.3, 0.4) is 0 Å². The third-order valence-corrected chi connectivity index (χ3v) is 1.74. The molecule has 0 aromatic rings. The van der Waals surface area contributed by atoms with Gasteiger partial charge in [0.25, 0.3) is 0 Å². The molecule has 1 amide bonds. The maximum Gasteiger partial charge on any atom is 0.227 e. The molecule has 0 aromatic carbocycles. The Kier molecular flexibility index (Phi) is 1.71. The van der Waals surface area contributed by atoms with E-state index in [0.29, 0.717) is 0 Å². The highest BCUT2D eigenvalue weighted by molar-refractivity contribution is 5.80. The van der Waals surface area contributed by atoms with Crippen molar-refractivity contribution < 1.29 is 9.90 Å². The van der Waals surface area contributed by atoms with E-state index in [1.54, 1.807) is 0 Å². The summed E-state index contributed by atoms with van der Waals surface area (Å²) in [6.45, 7) is 2.48. The lowest BCUT2D eigenvalue weighted by Gasteiger charge is -2.10. The molecule has 3 nitrogen and oxygen atoms in total. The normalized spacial score (nSPS) is 27.6. The van der Waals surface area contributed by atoms with Crippen LogP contribution in [0.2, 0.25) is 0 Å². The molecule has 1 unspecified atom stereocenters. The van der Waals surface area contributed by atoms with E-state index in [9.17, 15) is 4.79 Å². The highest BCUT2D eigenvalue weighted by Crippen LogP contribution is 2.15. The van der Waals surface area contributed by atoms with Gasteiger partial charge in [-0.25, -0.2) is 0 Å². The van der Waals surface area contributed by atoms with Gasteiger partial charge < -0.3 is 10.0 Å². The molecule has 0 saturated carbocycles. The zero-order valence-corrected chi connectivity index (χ0v) is 5.50. The molecule has 1 atom stereocenters. The summed E-state index contributed by atoms with van der Waals surface area (Å²) in [6.07, 6.45) is 0.888. The number of rotatable bonds is 1. The number of nitrogens with zero attached hydrogens (tertiary/aromatic N) is 1. The molecule has 1 aliphatic rings. The van der Waals surface area contributed by atoms with Gasteiger partial charge in [-0.2, -0.15) is 0 Å². The Hall–Kier alpha value is -0.570. The summed E-state index contributed by atoms with van der Waals surface area (Å²) in [5, 5.41) is 8.56. The van der Waals surface area contributed by atoms with E-state index in [1.165, 1.54) is 4.90 Å². The summed E-state index contributed by atoms with van der Waals surface area (Å²) in [4.78, 5) is 12.4. The van der Waals surface area contributed by atoms with Gasteiger partial charge in [0, 0.05) is 12.5 Å². The molecule has 52 valence electrons. The summed E-state index contributed by atoms with van der Waals surface area (Å²) < 4.78 is 0. The molecule has 1 heterocycles. The molecule has 1 saturated heterocycles. The minimum absolute atomic E-state index is 0.0810. The predicted octanol–water partition coefficient (Wildman–Crippen LogP) is -0.195. The number of aliphatic hydroxyl groups excluding tert-OH is 1. The van der Waals surface area contributed by atoms with Crippen LogP contribution < -0.4 is 0 Å². The van der Waals surface area contributed by atoms with Crippen molar-refractivity contribution in [3.63, 3.8) is 0 Å². The summed E-state index contributed by atoms with van der Waals surface area (Å²) in [5.41, 5.74) is 0. The van der Waals surface area contributed by atoms with Gasteiger partial charge in [0.15, 0.2) is 0 Å². The van der Waals surface area contributed by atoms with E-state index in [-0.39, 0.29) is 18.6 Å². The Morgan fingerprint density at radius 1 is 1.89 bits per heavy atom. The lowest BCUT2D eigenvalue weighted by Crippen LogP contribution is -2.27. The van der Waals surface area contributed by atoms with Crippen molar-refractivity contribution in [2.24, 2.45) is 5.92 Å². The SMILES string of the molecule is CC1CCN(CO)C1=O. The molecule has 0 spiro atoms. The molecule has 1 fully saturated rings. The lowest BCUT2D eigenvalue weighted by molar-refractivity contribution is -0.133. The molecule has 0 radical (unpaired) electrons. The summed E-state index contributed by atoms with van der Waals surface area (Å²) in [7, 11) is 0. The van der Waals surface area contributed by atoms with Gasteiger partial charge in [-0.1, -0.05) is 6.92 Å². The average Bonchev–Trinajstić information content (AvgIpc) is 2.15. The van der Waals surface area contributed by atoms with Crippen molar-refractivity contribution in [3.8, 4) is 0 Å². The van der Waals surface area contributed by atoms with Gasteiger partial charge in [-0.05, 0) is 6.42 Å². The first-order valence-corrected chi connectivity index (χ1v) is 3.15. The highest BCUT2D eigenvalue weighted by Gasteiger charge is 2.26. The van der Waals surface area contributed by atoms with E-state index in [0.717, 1.165) is 13.0 Å². The summed E-state index contributed by atoms with van der Waals surface area (Å²) in [6, 6.07) is 0. The highest BCUT2D eigenvalue weighted by atomic mass is 16.3. The Morgan fingerprint density at radius 2 is 2.56 bits per heavy atom. The quantitative estimate of drug-likeness (QED) is 0.533. The predicted molar refractivity (Wildman–Crippen MR) is 32.6 cm³/mol. The van der Waals surface area contributed by atoms with E-state index in [2.05, 4.69) is 0 Å². The van der Waals surface area contributed by atoms with Crippen LogP contribution in [0.1, 0.15) is 13.3 Å². The van der Waals surface area contributed by atoms with Crippen LogP contribution in [0.5, 0.6) is 0 Å². The first-order valence-electron chi connectivity index (χ1n) is 3.15. The van der Waals surface area contributed by atoms with Crippen LogP contribution in [0.25, 0.3) is 0 Å². The number of carbonyl (C=O) groups is 1. The van der Waals surface area contributed by atoms with Gasteiger partial charge in [-0.3, -0.25) is 4.79 Å². The zero-order valence-electron chi connectivity index (χ0n) is 5.50. The van der Waals surface area contributed by atoms with E-state index < -0.39 is 0 Å². The Morgan fingerprint density at radius 3 is 2.78 bits per heavy atom. The van der Waals surface area contributed by atoms with E-state index >= 15 is 0 Å². The Balaban J connectivity index is 2.51. The molecule has 0 bridgehead atoms. The monoisotopic (exact) mass is 129 g/mol. The third-order valence-electron chi connectivity index (χ3n) is 1.74. The van der Waals surface area contributed by atoms with Crippen molar-refractivity contribution in [2.45, 2.75) is 13.3 Å². The number of carbonyl (C=O) groups excluding carboxylic acids is 1. The first-order chi connectivity index (χ1) is 4.25. The fourth-order valence-electron chi connectivity index (χ4n) is 1.04. The standard InChI is InChI=1S/C6H11NO2/c1-5-2-3-7(4-8)6(5)9/h5,8H,2-4H2,1H3. The van der Waals surface area contributed by atoms with Crippen molar-refractivity contribution >= 4 is 5.91 Å². The second kappa shape index (κ2) is 2.35. The smallest absolute Gasteiger partial charge is 0.227 e. The second-order valence-electron chi connectivity index (χ2n) is 2.43. The maximum absolute atomic E-state index is 10.9. The van der Waals surface area contributed by atoms with Gasteiger partial charge in [0.1, 0.15) is 6.73 Å². The van der Waals surface area contributed by atoms with E-state index in [4.69, 9.17) is 5.11 Å². The Labute approximate surface area is 54.3 Å².